The molecule has 0 unspecified atom stereocenters. The number of rotatable bonds is 6. The van der Waals surface area contributed by atoms with Crippen LogP contribution in [0.2, 0.25) is 10.0 Å². The Labute approximate surface area is 231 Å². The van der Waals surface area contributed by atoms with E-state index in [2.05, 4.69) is 50.8 Å². The van der Waals surface area contributed by atoms with Gasteiger partial charge < -0.3 is 25.3 Å². The molecule has 8 nitrogen and oxygen atoms in total. The predicted molar refractivity (Wildman–Crippen MR) is 151 cm³/mol. The van der Waals surface area contributed by atoms with Crippen molar-refractivity contribution in [1.29, 1.82) is 0 Å². The van der Waals surface area contributed by atoms with Gasteiger partial charge in [-0.05, 0) is 63.3 Å². The highest BCUT2D eigenvalue weighted by Gasteiger charge is 2.24. The predicted octanol–water partition coefficient (Wildman–Crippen LogP) is 5.14. The van der Waals surface area contributed by atoms with Gasteiger partial charge in [0.05, 0.1) is 10.7 Å². The SMILES string of the molecule is CN(C)C1CCN(c2cccc(NC(=O)c3cc4c(nn3)NCCN4Cc3c(Cl)ccc(F)c3Cl)c2)CC1. The molecule has 0 saturated carbocycles. The van der Waals surface area contributed by atoms with E-state index in [0.29, 0.717) is 46.9 Å². The summed E-state index contributed by atoms with van der Waals surface area (Å²) in [4.78, 5) is 19.8. The van der Waals surface area contributed by atoms with Crippen LogP contribution >= 0.6 is 23.2 Å². The van der Waals surface area contributed by atoms with E-state index in [-0.39, 0.29) is 23.2 Å². The molecule has 0 radical (unpaired) electrons. The third-order valence-corrected chi connectivity index (χ3v) is 7.94. The molecule has 200 valence electrons. The normalized spacial score (nSPS) is 15.8. The minimum atomic E-state index is -0.529. The zero-order chi connectivity index (χ0) is 26.8. The molecule has 5 rings (SSSR count). The van der Waals surface area contributed by atoms with Crippen molar-refractivity contribution in [2.75, 3.05) is 60.7 Å². The first-order valence-corrected chi connectivity index (χ1v) is 13.4. The first-order valence-electron chi connectivity index (χ1n) is 12.6. The Hall–Kier alpha value is -3.14. The van der Waals surface area contributed by atoms with Gasteiger partial charge in [-0.1, -0.05) is 29.3 Å². The van der Waals surface area contributed by atoms with Gasteiger partial charge in [-0.25, -0.2) is 4.39 Å². The van der Waals surface area contributed by atoms with Crippen molar-refractivity contribution in [3.8, 4) is 0 Å². The fraction of sp³-hybridized carbons (Fsp3) is 0.370. The van der Waals surface area contributed by atoms with Gasteiger partial charge in [0.2, 0.25) is 0 Å². The van der Waals surface area contributed by atoms with E-state index < -0.39 is 5.82 Å². The van der Waals surface area contributed by atoms with Gasteiger partial charge in [-0.15, -0.1) is 10.2 Å². The van der Waals surface area contributed by atoms with Gasteiger partial charge in [0, 0.05) is 60.7 Å². The van der Waals surface area contributed by atoms with Gasteiger partial charge in [0.25, 0.3) is 5.91 Å². The summed E-state index contributed by atoms with van der Waals surface area (Å²) >= 11 is 12.5. The summed E-state index contributed by atoms with van der Waals surface area (Å²) in [7, 11) is 4.25. The highest BCUT2D eigenvalue weighted by atomic mass is 35.5. The number of carbonyl (C=O) groups excluding carboxylic acids is 1. The van der Waals surface area contributed by atoms with Crippen molar-refractivity contribution in [1.82, 2.24) is 15.1 Å². The summed E-state index contributed by atoms with van der Waals surface area (Å²) in [5, 5.41) is 14.9. The number of nitrogens with one attached hydrogen (secondary N) is 2. The number of fused-ring (bicyclic) bond motifs is 1. The second-order valence-corrected chi connectivity index (χ2v) is 10.6. The third kappa shape index (κ3) is 5.65. The van der Waals surface area contributed by atoms with E-state index >= 15 is 0 Å². The Morgan fingerprint density at radius 2 is 1.92 bits per heavy atom. The molecule has 2 aromatic carbocycles. The lowest BCUT2D eigenvalue weighted by Gasteiger charge is -2.36. The van der Waals surface area contributed by atoms with Crippen LogP contribution in [0.3, 0.4) is 0 Å². The number of benzene rings is 2. The standard InChI is InChI=1S/C27H30Cl2FN7O/c1-35(2)18-8-11-36(12-9-18)19-5-3-4-17(14-19)32-27(38)23-15-24-26(34-33-23)31-10-13-37(24)16-20-21(28)6-7-22(30)25(20)29/h3-7,14-15,18H,8-13,16H2,1-2H3,(H,31,34)(H,32,38). The summed E-state index contributed by atoms with van der Waals surface area (Å²) in [6.45, 7) is 3.41. The van der Waals surface area contributed by atoms with E-state index in [1.807, 2.05) is 23.1 Å². The molecule has 1 saturated heterocycles. The number of hydrogen-bond acceptors (Lipinski definition) is 7. The number of nitrogens with zero attached hydrogens (tertiary/aromatic N) is 5. The Kier molecular flexibility index (Phi) is 7.88. The van der Waals surface area contributed by atoms with Crippen molar-refractivity contribution < 1.29 is 9.18 Å². The quantitative estimate of drug-likeness (QED) is 0.406. The van der Waals surface area contributed by atoms with E-state index in [0.717, 1.165) is 31.6 Å². The van der Waals surface area contributed by atoms with Gasteiger partial charge in [-0.2, -0.15) is 0 Å². The fourth-order valence-corrected chi connectivity index (χ4v) is 5.46. The lowest BCUT2D eigenvalue weighted by atomic mass is 10.0. The monoisotopic (exact) mass is 557 g/mol. The number of halogens is 3. The average Bonchev–Trinajstić information content (AvgIpc) is 2.93. The van der Waals surface area contributed by atoms with Crippen LogP contribution in [0.4, 0.5) is 27.3 Å². The Balaban J connectivity index is 1.31. The highest BCUT2D eigenvalue weighted by molar-refractivity contribution is 6.36. The maximum atomic E-state index is 14.1. The molecule has 38 heavy (non-hydrogen) atoms. The maximum Gasteiger partial charge on any atom is 0.276 e. The van der Waals surface area contributed by atoms with Gasteiger partial charge in [0.1, 0.15) is 5.82 Å². The molecule has 2 N–H and O–H groups in total. The van der Waals surface area contributed by atoms with Gasteiger partial charge >= 0.3 is 0 Å². The molecule has 11 heteroatoms. The van der Waals surface area contributed by atoms with E-state index in [1.165, 1.54) is 12.1 Å². The van der Waals surface area contributed by atoms with E-state index in [9.17, 15) is 9.18 Å². The number of carbonyl (C=O) groups is 1. The fourth-order valence-electron chi connectivity index (χ4n) is 4.97. The highest BCUT2D eigenvalue weighted by Crippen LogP contribution is 2.33. The maximum absolute atomic E-state index is 14.1. The van der Waals surface area contributed by atoms with E-state index in [1.54, 1.807) is 6.07 Å². The Morgan fingerprint density at radius 1 is 1.13 bits per heavy atom. The first kappa shape index (κ1) is 26.5. The van der Waals surface area contributed by atoms with Crippen LogP contribution < -0.4 is 20.4 Å². The van der Waals surface area contributed by atoms with Crippen LogP contribution in [0.5, 0.6) is 0 Å². The molecule has 0 atom stereocenters. The van der Waals surface area contributed by atoms with Crippen LogP contribution in [0.1, 0.15) is 28.9 Å². The molecule has 2 aliphatic heterocycles. The summed E-state index contributed by atoms with van der Waals surface area (Å²) in [5.74, 6) is -0.352. The van der Waals surface area contributed by atoms with Crippen molar-refractivity contribution in [2.24, 2.45) is 0 Å². The molecule has 1 aromatic heterocycles. The van der Waals surface area contributed by atoms with E-state index in [4.69, 9.17) is 23.2 Å². The molecular weight excluding hydrogens is 528 g/mol. The van der Waals surface area contributed by atoms with Crippen LogP contribution in [0, 0.1) is 5.82 Å². The van der Waals surface area contributed by atoms with Crippen molar-refractivity contribution >= 4 is 52.0 Å². The van der Waals surface area contributed by atoms with Crippen molar-refractivity contribution in [3.63, 3.8) is 0 Å². The first-order chi connectivity index (χ1) is 18.3. The molecule has 0 aliphatic carbocycles. The topological polar surface area (TPSA) is 76.6 Å². The second-order valence-electron chi connectivity index (χ2n) is 9.82. The molecule has 3 heterocycles. The Bertz CT molecular complexity index is 1330. The molecule has 2 aliphatic rings. The zero-order valence-corrected chi connectivity index (χ0v) is 22.9. The van der Waals surface area contributed by atoms with Gasteiger partial charge in [-0.3, -0.25) is 4.79 Å². The van der Waals surface area contributed by atoms with Crippen LogP contribution in [-0.4, -0.2) is 67.3 Å². The molecule has 1 amide bonds. The molecule has 1 fully saturated rings. The van der Waals surface area contributed by atoms with Crippen LogP contribution in [0.25, 0.3) is 0 Å². The second kappa shape index (κ2) is 11.3. The number of amides is 1. The van der Waals surface area contributed by atoms with Crippen LogP contribution in [0.15, 0.2) is 42.5 Å². The molecule has 3 aromatic rings. The number of anilines is 4. The lowest BCUT2D eigenvalue weighted by Crippen LogP contribution is -2.42. The summed E-state index contributed by atoms with van der Waals surface area (Å²) in [5.41, 5.74) is 3.10. The Morgan fingerprint density at radius 3 is 2.68 bits per heavy atom. The molecule has 0 bridgehead atoms. The minimum Gasteiger partial charge on any atom is -0.371 e. The van der Waals surface area contributed by atoms with Crippen molar-refractivity contribution in [3.05, 3.63) is 69.6 Å². The number of aromatic nitrogens is 2. The van der Waals surface area contributed by atoms with Crippen molar-refractivity contribution in [2.45, 2.75) is 25.4 Å². The molecule has 0 spiro atoms. The minimum absolute atomic E-state index is 0.0108. The van der Waals surface area contributed by atoms with Crippen LogP contribution in [-0.2, 0) is 6.54 Å². The smallest absolute Gasteiger partial charge is 0.276 e. The number of hydrogen-bond donors (Lipinski definition) is 2. The third-order valence-electron chi connectivity index (χ3n) is 7.17. The number of piperidine rings is 1. The summed E-state index contributed by atoms with van der Waals surface area (Å²) < 4.78 is 14.1. The largest absolute Gasteiger partial charge is 0.371 e. The summed E-state index contributed by atoms with van der Waals surface area (Å²) in [6, 6.07) is 12.9. The molecular formula is C27H30Cl2FN7O. The van der Waals surface area contributed by atoms with Gasteiger partial charge in [0.15, 0.2) is 11.5 Å². The lowest BCUT2D eigenvalue weighted by molar-refractivity contribution is 0.102. The average molecular weight is 558 g/mol. The zero-order valence-electron chi connectivity index (χ0n) is 21.3. The summed E-state index contributed by atoms with van der Waals surface area (Å²) in [6.07, 6.45) is 2.20.